The molecule has 0 bridgehead atoms. The van der Waals surface area contributed by atoms with Gasteiger partial charge in [-0.3, -0.25) is 14.3 Å². The molecule has 0 aliphatic heterocycles. The van der Waals surface area contributed by atoms with Crippen molar-refractivity contribution in [2.24, 2.45) is 7.05 Å². The van der Waals surface area contributed by atoms with Crippen LogP contribution in [0.1, 0.15) is 17.2 Å². The molecule has 134 valence electrons. The van der Waals surface area contributed by atoms with E-state index < -0.39 is 17.6 Å². The molecule has 0 saturated carbocycles. The van der Waals surface area contributed by atoms with Gasteiger partial charge in [0.05, 0.1) is 12.2 Å². The van der Waals surface area contributed by atoms with Gasteiger partial charge in [0.1, 0.15) is 5.82 Å². The highest BCUT2D eigenvalue weighted by atomic mass is 19.1. The van der Waals surface area contributed by atoms with E-state index in [4.69, 9.17) is 0 Å². The molecule has 25 heavy (non-hydrogen) atoms. The lowest BCUT2D eigenvalue weighted by atomic mass is 10.1. The van der Waals surface area contributed by atoms with E-state index >= 15 is 0 Å². The Bertz CT molecular complexity index is 772. The zero-order valence-corrected chi connectivity index (χ0v) is 14.7. The Morgan fingerprint density at radius 3 is 2.64 bits per heavy atom. The number of hydrogen-bond donors (Lipinski definition) is 2. The second-order valence-electron chi connectivity index (χ2n) is 6.05. The predicted octanol–water partition coefficient (Wildman–Crippen LogP) is 1.23. The average Bonchev–Trinajstić information content (AvgIpc) is 2.96. The summed E-state index contributed by atoms with van der Waals surface area (Å²) in [5, 5.41) is 9.15. The molecule has 0 fully saturated rings. The van der Waals surface area contributed by atoms with E-state index in [-0.39, 0.29) is 18.3 Å². The van der Waals surface area contributed by atoms with Crippen molar-refractivity contribution < 1.29 is 14.0 Å². The summed E-state index contributed by atoms with van der Waals surface area (Å²) in [6, 6.07) is 3.88. The summed E-state index contributed by atoms with van der Waals surface area (Å²) >= 11 is 0. The lowest BCUT2D eigenvalue weighted by molar-refractivity contribution is -0.136. The molecule has 0 saturated heterocycles. The first-order valence-corrected chi connectivity index (χ1v) is 7.78. The van der Waals surface area contributed by atoms with Crippen LogP contribution in [0.3, 0.4) is 0 Å². The zero-order chi connectivity index (χ0) is 18.6. The molecule has 1 atom stereocenters. The van der Waals surface area contributed by atoms with Gasteiger partial charge in [0.2, 0.25) is 0 Å². The van der Waals surface area contributed by atoms with Crippen molar-refractivity contribution in [3.05, 3.63) is 47.5 Å². The Morgan fingerprint density at radius 2 is 2.04 bits per heavy atom. The second kappa shape index (κ2) is 7.89. The van der Waals surface area contributed by atoms with Crippen molar-refractivity contribution >= 4 is 17.5 Å². The Balaban J connectivity index is 1.98. The molecule has 1 aromatic heterocycles. The van der Waals surface area contributed by atoms with Gasteiger partial charge in [0.25, 0.3) is 0 Å². The van der Waals surface area contributed by atoms with Crippen LogP contribution in [-0.4, -0.2) is 47.1 Å². The third-order valence-electron chi connectivity index (χ3n) is 3.84. The smallest absolute Gasteiger partial charge is 0.313 e. The van der Waals surface area contributed by atoms with E-state index in [1.54, 1.807) is 17.8 Å². The van der Waals surface area contributed by atoms with Gasteiger partial charge in [-0.05, 0) is 38.7 Å². The minimum Gasteiger partial charge on any atom is -0.346 e. The first kappa shape index (κ1) is 18.6. The minimum absolute atomic E-state index is 0.124. The van der Waals surface area contributed by atoms with Crippen LogP contribution in [0.4, 0.5) is 10.1 Å². The molecule has 2 rings (SSSR count). The van der Waals surface area contributed by atoms with Gasteiger partial charge in [-0.2, -0.15) is 5.10 Å². The standard InChI is InChI=1S/C17H22FN5O2/c1-11-5-6-13(18)7-14(11)21-17(25)16(24)19-9-15(22(2)3)12-8-20-23(4)10-12/h5-8,10,15H,9H2,1-4H3,(H,19,24)(H,21,25)/t15-/m1/s1. The summed E-state index contributed by atoms with van der Waals surface area (Å²) in [5.41, 5.74) is 1.87. The maximum atomic E-state index is 13.3. The monoisotopic (exact) mass is 347 g/mol. The number of halogens is 1. The Hall–Kier alpha value is -2.74. The molecular formula is C17H22FN5O2. The molecule has 0 aliphatic rings. The maximum Gasteiger partial charge on any atom is 0.313 e. The summed E-state index contributed by atoms with van der Waals surface area (Å²) in [6.07, 6.45) is 3.57. The van der Waals surface area contributed by atoms with Crippen molar-refractivity contribution in [2.75, 3.05) is 26.0 Å². The van der Waals surface area contributed by atoms with E-state index in [1.165, 1.54) is 18.2 Å². The fourth-order valence-corrected chi connectivity index (χ4v) is 2.39. The van der Waals surface area contributed by atoms with Gasteiger partial charge in [0.15, 0.2) is 0 Å². The van der Waals surface area contributed by atoms with Gasteiger partial charge in [-0.25, -0.2) is 4.39 Å². The van der Waals surface area contributed by atoms with Crippen LogP contribution >= 0.6 is 0 Å². The lowest BCUT2D eigenvalue weighted by Gasteiger charge is -2.23. The van der Waals surface area contributed by atoms with E-state index in [0.717, 1.165) is 5.56 Å². The minimum atomic E-state index is -0.836. The molecule has 0 spiro atoms. The number of nitrogens with zero attached hydrogens (tertiary/aromatic N) is 3. The fourth-order valence-electron chi connectivity index (χ4n) is 2.39. The fraction of sp³-hybridized carbons (Fsp3) is 0.353. The number of rotatable bonds is 5. The molecule has 7 nitrogen and oxygen atoms in total. The zero-order valence-electron chi connectivity index (χ0n) is 14.7. The number of hydrogen-bond acceptors (Lipinski definition) is 4. The Morgan fingerprint density at radius 1 is 1.32 bits per heavy atom. The number of amides is 2. The number of anilines is 1. The number of carbonyl (C=O) groups is 2. The van der Waals surface area contributed by atoms with Crippen molar-refractivity contribution in [2.45, 2.75) is 13.0 Å². The average molecular weight is 347 g/mol. The Labute approximate surface area is 145 Å². The largest absolute Gasteiger partial charge is 0.346 e. The van der Waals surface area contributed by atoms with Gasteiger partial charge < -0.3 is 15.5 Å². The number of nitrogens with one attached hydrogen (secondary N) is 2. The van der Waals surface area contributed by atoms with Crippen LogP contribution in [0.15, 0.2) is 30.6 Å². The quantitative estimate of drug-likeness (QED) is 0.797. The SMILES string of the molecule is Cc1ccc(F)cc1NC(=O)C(=O)NC[C@H](c1cnn(C)c1)N(C)C. The molecular weight excluding hydrogens is 325 g/mol. The van der Waals surface area contributed by atoms with Crippen LogP contribution < -0.4 is 10.6 Å². The first-order chi connectivity index (χ1) is 11.8. The molecule has 2 N–H and O–H groups in total. The number of carbonyl (C=O) groups excluding carboxylic acids is 2. The molecule has 8 heteroatoms. The third-order valence-corrected chi connectivity index (χ3v) is 3.84. The number of likely N-dealkylation sites (N-methyl/N-ethyl adjacent to an activating group) is 1. The van der Waals surface area contributed by atoms with Gasteiger partial charge in [-0.1, -0.05) is 6.07 Å². The van der Waals surface area contributed by atoms with Crippen LogP contribution in [0, 0.1) is 12.7 Å². The van der Waals surface area contributed by atoms with Gasteiger partial charge in [-0.15, -0.1) is 0 Å². The van der Waals surface area contributed by atoms with Gasteiger partial charge in [0, 0.05) is 31.0 Å². The van der Waals surface area contributed by atoms with Crippen molar-refractivity contribution in [1.29, 1.82) is 0 Å². The van der Waals surface area contributed by atoms with Crippen molar-refractivity contribution in [3.8, 4) is 0 Å². The van der Waals surface area contributed by atoms with Crippen LogP contribution in [0.2, 0.25) is 0 Å². The molecule has 0 radical (unpaired) electrons. The molecule has 0 aliphatic carbocycles. The third kappa shape index (κ3) is 4.87. The summed E-state index contributed by atoms with van der Waals surface area (Å²) in [7, 11) is 5.56. The highest BCUT2D eigenvalue weighted by Gasteiger charge is 2.20. The summed E-state index contributed by atoms with van der Waals surface area (Å²) in [5.74, 6) is -2.10. The molecule has 1 heterocycles. The normalized spacial score (nSPS) is 12.1. The predicted molar refractivity (Wildman–Crippen MR) is 92.4 cm³/mol. The maximum absolute atomic E-state index is 13.3. The van der Waals surface area contributed by atoms with Crippen LogP contribution in [-0.2, 0) is 16.6 Å². The van der Waals surface area contributed by atoms with E-state index in [1.807, 2.05) is 32.2 Å². The Kier molecular flexibility index (Phi) is 5.87. The van der Waals surface area contributed by atoms with E-state index in [9.17, 15) is 14.0 Å². The lowest BCUT2D eigenvalue weighted by Crippen LogP contribution is -2.40. The summed E-state index contributed by atoms with van der Waals surface area (Å²) < 4.78 is 14.9. The van der Waals surface area contributed by atoms with Crippen molar-refractivity contribution in [3.63, 3.8) is 0 Å². The van der Waals surface area contributed by atoms with E-state index in [0.29, 0.717) is 5.56 Å². The molecule has 0 unspecified atom stereocenters. The van der Waals surface area contributed by atoms with E-state index in [2.05, 4.69) is 15.7 Å². The van der Waals surface area contributed by atoms with Crippen molar-refractivity contribution in [1.82, 2.24) is 20.0 Å². The number of aromatic nitrogens is 2. The molecule has 2 amide bonds. The highest BCUT2D eigenvalue weighted by Crippen LogP contribution is 2.17. The number of benzene rings is 1. The molecule has 2 aromatic rings. The van der Waals surface area contributed by atoms with Gasteiger partial charge >= 0.3 is 11.8 Å². The summed E-state index contributed by atoms with van der Waals surface area (Å²) in [4.78, 5) is 26.0. The number of aryl methyl sites for hydroxylation is 2. The van der Waals surface area contributed by atoms with Crippen LogP contribution in [0.5, 0.6) is 0 Å². The molecule has 1 aromatic carbocycles. The first-order valence-electron chi connectivity index (χ1n) is 7.78. The topological polar surface area (TPSA) is 79.3 Å². The second-order valence-corrected chi connectivity index (χ2v) is 6.05. The summed E-state index contributed by atoms with van der Waals surface area (Å²) in [6.45, 7) is 1.96. The van der Waals surface area contributed by atoms with Crippen LogP contribution in [0.25, 0.3) is 0 Å². The highest BCUT2D eigenvalue weighted by molar-refractivity contribution is 6.39.